The first-order valence-electron chi connectivity index (χ1n) is 12.5. The largest absolute Gasteiger partial charge is 0.495 e. The molecule has 0 radical (unpaired) electrons. The van der Waals surface area contributed by atoms with Crippen LogP contribution in [0.25, 0.3) is 16.8 Å². The molecule has 0 bridgehead atoms. The Morgan fingerprint density at radius 2 is 1.97 bits per heavy atom. The number of carboxylic acids is 1. The average Bonchev–Trinajstić information content (AvgIpc) is 3.32. The zero-order valence-electron chi connectivity index (χ0n) is 21.1. The lowest BCUT2D eigenvalue weighted by Crippen LogP contribution is -2.33. The summed E-state index contributed by atoms with van der Waals surface area (Å²) in [6.07, 6.45) is 8.30. The topological polar surface area (TPSA) is 127 Å². The second-order valence-corrected chi connectivity index (χ2v) is 10.2. The number of aromatic carboxylic acids is 1. The fourth-order valence-corrected chi connectivity index (χ4v) is 5.16. The molecule has 10 heteroatoms. The summed E-state index contributed by atoms with van der Waals surface area (Å²) in [5, 5.41) is 19.2. The van der Waals surface area contributed by atoms with Crippen molar-refractivity contribution in [2.75, 3.05) is 7.11 Å². The van der Waals surface area contributed by atoms with Crippen molar-refractivity contribution in [2.24, 2.45) is 5.92 Å². The molecule has 1 atom stereocenters. The number of carbonyl (C=O) groups excluding carboxylic acids is 1. The number of ketones is 1. The number of Topliss-reactive ketones (excluding diaryl/α,β-unsaturated/α-hetero) is 1. The minimum absolute atomic E-state index is 0.0529. The zero-order chi connectivity index (χ0) is 27.7. The van der Waals surface area contributed by atoms with Crippen LogP contribution in [0.4, 0.5) is 0 Å². The number of nitriles is 1. The second kappa shape index (κ2) is 10.8. The monoisotopic (exact) mass is 544 g/mol. The Labute approximate surface area is 228 Å². The summed E-state index contributed by atoms with van der Waals surface area (Å²) >= 11 is 6.18. The predicted molar refractivity (Wildman–Crippen MR) is 144 cm³/mol. The molecule has 1 saturated carbocycles. The van der Waals surface area contributed by atoms with Crippen LogP contribution in [0.1, 0.15) is 53.3 Å². The lowest BCUT2D eigenvalue weighted by atomic mass is 9.79. The Balaban J connectivity index is 1.51. The highest BCUT2D eigenvalue weighted by Crippen LogP contribution is 2.37. The molecular weight excluding hydrogens is 520 g/mol. The van der Waals surface area contributed by atoms with Crippen LogP contribution in [0, 0.1) is 17.2 Å². The van der Waals surface area contributed by atoms with Crippen LogP contribution >= 0.6 is 11.6 Å². The van der Waals surface area contributed by atoms with Gasteiger partial charge in [0, 0.05) is 41.0 Å². The molecule has 4 aromatic rings. The Bertz CT molecular complexity index is 1700. The van der Waals surface area contributed by atoms with Gasteiger partial charge < -0.3 is 18.8 Å². The van der Waals surface area contributed by atoms with Crippen LogP contribution < -0.4 is 10.3 Å². The molecule has 0 spiro atoms. The molecule has 1 aliphatic rings. The van der Waals surface area contributed by atoms with E-state index in [0.717, 1.165) is 19.3 Å². The van der Waals surface area contributed by atoms with Gasteiger partial charge >= 0.3 is 5.97 Å². The van der Waals surface area contributed by atoms with Crippen molar-refractivity contribution < 1.29 is 19.4 Å². The molecule has 1 N–H and O–H groups in total. The van der Waals surface area contributed by atoms with E-state index >= 15 is 0 Å². The lowest BCUT2D eigenvalue weighted by Gasteiger charge is -2.30. The van der Waals surface area contributed by atoms with E-state index in [4.69, 9.17) is 16.3 Å². The fourth-order valence-electron chi connectivity index (χ4n) is 4.99. The standard InChI is InChI=1S/C29H25ClN4O5/c1-39-26-16-34(28(36)12-22(26)21-11-20(30)7-6-19(21)13-31)24(9-17-3-2-4-17)25(35)10-18-5-8-27-32-23(29(37)38)15-33(27)14-18/h5-8,11-12,14-17,24H,2-4,9-10H2,1H3,(H,37,38). The molecule has 1 aromatic carbocycles. The van der Waals surface area contributed by atoms with Gasteiger partial charge in [0.25, 0.3) is 5.56 Å². The Morgan fingerprint density at radius 3 is 2.64 bits per heavy atom. The van der Waals surface area contributed by atoms with Crippen molar-refractivity contribution in [2.45, 2.75) is 38.1 Å². The van der Waals surface area contributed by atoms with Crippen LogP contribution in [0.5, 0.6) is 5.75 Å². The highest BCUT2D eigenvalue weighted by Gasteiger charge is 2.29. The number of fused-ring (bicyclic) bond motifs is 1. The quantitative estimate of drug-likeness (QED) is 0.316. The number of pyridine rings is 2. The van der Waals surface area contributed by atoms with Crippen molar-refractivity contribution in [3.8, 4) is 22.9 Å². The molecule has 1 fully saturated rings. The number of benzene rings is 1. The highest BCUT2D eigenvalue weighted by molar-refractivity contribution is 6.31. The maximum Gasteiger partial charge on any atom is 0.356 e. The van der Waals surface area contributed by atoms with Crippen molar-refractivity contribution in [1.82, 2.24) is 14.0 Å². The van der Waals surface area contributed by atoms with Crippen molar-refractivity contribution in [3.05, 3.63) is 87.2 Å². The third kappa shape index (κ3) is 5.29. The first kappa shape index (κ1) is 26.2. The van der Waals surface area contributed by atoms with Gasteiger partial charge in [-0.25, -0.2) is 9.78 Å². The smallest absolute Gasteiger partial charge is 0.356 e. The number of aromatic nitrogens is 3. The van der Waals surface area contributed by atoms with Crippen molar-refractivity contribution in [3.63, 3.8) is 0 Å². The van der Waals surface area contributed by atoms with E-state index in [1.807, 2.05) is 0 Å². The number of nitrogens with zero attached hydrogens (tertiary/aromatic N) is 4. The summed E-state index contributed by atoms with van der Waals surface area (Å²) in [5.41, 5.74) is 1.91. The molecule has 0 saturated heterocycles. The molecule has 3 aromatic heterocycles. The molecule has 0 aliphatic heterocycles. The summed E-state index contributed by atoms with van der Waals surface area (Å²) in [7, 11) is 1.47. The van der Waals surface area contributed by atoms with E-state index in [9.17, 15) is 24.8 Å². The molecule has 1 aliphatic carbocycles. The minimum atomic E-state index is -1.13. The van der Waals surface area contributed by atoms with Gasteiger partial charge in [0.05, 0.1) is 31.0 Å². The number of halogens is 1. The highest BCUT2D eigenvalue weighted by atomic mass is 35.5. The molecule has 198 valence electrons. The maximum atomic E-state index is 13.7. The first-order chi connectivity index (χ1) is 18.8. The molecule has 1 unspecified atom stereocenters. The number of methoxy groups -OCH3 is 1. The molecular formula is C29H25ClN4O5. The maximum absolute atomic E-state index is 13.7. The predicted octanol–water partition coefficient (Wildman–Crippen LogP) is 4.94. The average molecular weight is 545 g/mol. The van der Waals surface area contributed by atoms with Gasteiger partial charge in [-0.3, -0.25) is 9.59 Å². The van der Waals surface area contributed by atoms with Crippen LogP contribution in [0.3, 0.4) is 0 Å². The van der Waals surface area contributed by atoms with Crippen LogP contribution in [-0.2, 0) is 11.2 Å². The number of carboxylic acid groups (broad SMARTS) is 1. The summed E-state index contributed by atoms with van der Waals surface area (Å²) in [6.45, 7) is 0. The van der Waals surface area contributed by atoms with E-state index in [1.54, 1.807) is 47.1 Å². The lowest BCUT2D eigenvalue weighted by molar-refractivity contribution is -0.122. The van der Waals surface area contributed by atoms with Gasteiger partial charge in [-0.05, 0) is 42.2 Å². The molecule has 9 nitrogen and oxygen atoms in total. The summed E-state index contributed by atoms with van der Waals surface area (Å²) < 4.78 is 8.62. The Hall–Kier alpha value is -4.42. The van der Waals surface area contributed by atoms with E-state index in [2.05, 4.69) is 11.1 Å². The van der Waals surface area contributed by atoms with Gasteiger partial charge in [0.15, 0.2) is 11.5 Å². The third-order valence-electron chi connectivity index (χ3n) is 7.25. The number of imidazole rings is 1. The van der Waals surface area contributed by atoms with Gasteiger partial charge in [-0.15, -0.1) is 0 Å². The number of rotatable bonds is 9. The van der Waals surface area contributed by atoms with Crippen LogP contribution in [0.15, 0.2) is 59.8 Å². The van der Waals surface area contributed by atoms with Crippen molar-refractivity contribution >= 4 is 29.0 Å². The zero-order valence-corrected chi connectivity index (χ0v) is 21.9. The number of ether oxygens (including phenoxy) is 1. The first-order valence-corrected chi connectivity index (χ1v) is 12.9. The fraction of sp³-hybridized carbons (Fsp3) is 0.276. The third-order valence-corrected chi connectivity index (χ3v) is 7.49. The number of carbonyl (C=O) groups is 2. The number of hydrogen-bond acceptors (Lipinski definition) is 6. The summed E-state index contributed by atoms with van der Waals surface area (Å²) in [4.78, 5) is 42.5. The van der Waals surface area contributed by atoms with Gasteiger partial charge in [0.1, 0.15) is 11.4 Å². The summed E-state index contributed by atoms with van der Waals surface area (Å²) in [5.74, 6) is -0.588. The van der Waals surface area contributed by atoms with Crippen LogP contribution in [-0.4, -0.2) is 37.9 Å². The van der Waals surface area contributed by atoms with Gasteiger partial charge in [0.2, 0.25) is 0 Å². The van der Waals surface area contributed by atoms with E-state index < -0.39 is 12.0 Å². The normalized spacial score (nSPS) is 14.0. The number of hydrogen-bond donors (Lipinski definition) is 1. The van der Waals surface area contributed by atoms with Gasteiger partial charge in [-0.2, -0.15) is 5.26 Å². The SMILES string of the molecule is COc1cn(C(CC2CCC2)C(=O)Cc2ccc3nc(C(=O)O)cn3c2)c(=O)cc1-c1cc(Cl)ccc1C#N. The summed E-state index contributed by atoms with van der Waals surface area (Å²) in [6, 6.07) is 11.0. The molecule has 3 heterocycles. The Kier molecular flexibility index (Phi) is 7.22. The second-order valence-electron chi connectivity index (χ2n) is 9.73. The van der Waals surface area contributed by atoms with Crippen molar-refractivity contribution in [1.29, 1.82) is 5.26 Å². The van der Waals surface area contributed by atoms with E-state index in [0.29, 0.717) is 51.0 Å². The molecule has 39 heavy (non-hydrogen) atoms. The minimum Gasteiger partial charge on any atom is -0.495 e. The van der Waals surface area contributed by atoms with Crippen LogP contribution in [0.2, 0.25) is 5.02 Å². The molecule has 0 amide bonds. The van der Waals surface area contributed by atoms with E-state index in [-0.39, 0.29) is 23.5 Å². The molecule has 5 rings (SSSR count). The van der Waals surface area contributed by atoms with Gasteiger partial charge in [-0.1, -0.05) is 36.9 Å². The Morgan fingerprint density at radius 1 is 1.18 bits per heavy atom. The van der Waals surface area contributed by atoms with E-state index in [1.165, 1.54) is 23.9 Å².